The van der Waals surface area contributed by atoms with Crippen LogP contribution in [0.25, 0.3) is 11.1 Å². The summed E-state index contributed by atoms with van der Waals surface area (Å²) in [5.41, 5.74) is 9.36. The highest BCUT2D eigenvalue weighted by Crippen LogP contribution is 2.44. The first-order valence-electron chi connectivity index (χ1n) is 18.2. The Labute approximate surface area is 327 Å². The molecule has 0 bridgehead atoms. The number of alkyl carbamates (subject to hydrolysis) is 2. The van der Waals surface area contributed by atoms with Crippen molar-refractivity contribution in [3.05, 3.63) is 131 Å². The number of carboxylic acid groups (broad SMARTS) is 1. The zero-order valence-corrected chi connectivity index (χ0v) is 32.5. The maximum absolute atomic E-state index is 12.9. The van der Waals surface area contributed by atoms with Crippen LogP contribution in [0.15, 0.2) is 109 Å². The van der Waals surface area contributed by atoms with E-state index in [2.05, 4.69) is 33.6 Å². The lowest BCUT2D eigenvalue weighted by Gasteiger charge is -2.23. The summed E-state index contributed by atoms with van der Waals surface area (Å²) < 4.78 is 15.8. The molecule has 13 nitrogen and oxygen atoms in total. The molecule has 1 aliphatic carbocycles. The number of ether oxygens (including phenoxy) is 3. The van der Waals surface area contributed by atoms with Gasteiger partial charge in [-0.25, -0.2) is 24.6 Å². The molecule has 0 aliphatic heterocycles. The van der Waals surface area contributed by atoms with Gasteiger partial charge in [-0.3, -0.25) is 10.2 Å². The molecule has 0 fully saturated rings. The van der Waals surface area contributed by atoms with E-state index in [1.165, 1.54) is 0 Å². The third kappa shape index (κ3) is 13.5. The van der Waals surface area contributed by atoms with Crippen LogP contribution in [0, 0.1) is 0 Å². The Morgan fingerprint density at radius 1 is 0.571 bits per heavy atom. The SMILES string of the molecule is CC(C)(C)OC(=O)N[C@@H](Cc1ccccc1)C(=O)NNC(=O)OCC1c2ccccc2-c2ccccc21.CC(C)(C)OC(=O)N[C@@H](Cc1ccccc1)C(=O)O. The summed E-state index contributed by atoms with van der Waals surface area (Å²) in [7, 11) is 0. The Balaban J connectivity index is 0.000000309. The Hall–Kier alpha value is -6.37. The van der Waals surface area contributed by atoms with Gasteiger partial charge in [-0.15, -0.1) is 0 Å². The van der Waals surface area contributed by atoms with E-state index in [4.69, 9.17) is 19.3 Å². The van der Waals surface area contributed by atoms with Gasteiger partial charge in [-0.1, -0.05) is 109 Å². The van der Waals surface area contributed by atoms with Gasteiger partial charge in [0.25, 0.3) is 5.91 Å². The molecular weight excluding hydrogens is 716 g/mol. The Morgan fingerprint density at radius 3 is 1.43 bits per heavy atom. The van der Waals surface area contributed by atoms with Crippen LogP contribution in [0.5, 0.6) is 0 Å². The number of aliphatic carboxylic acids is 1. The third-order valence-electron chi connectivity index (χ3n) is 8.19. The van der Waals surface area contributed by atoms with Crippen molar-refractivity contribution >= 4 is 30.2 Å². The molecule has 0 heterocycles. The summed E-state index contributed by atoms with van der Waals surface area (Å²) in [6, 6.07) is 32.4. The normalized spacial score (nSPS) is 12.9. The number of benzene rings is 4. The van der Waals surface area contributed by atoms with Crippen molar-refractivity contribution in [1.82, 2.24) is 21.5 Å². The minimum atomic E-state index is -1.09. The van der Waals surface area contributed by atoms with Gasteiger partial charge < -0.3 is 30.0 Å². The van der Waals surface area contributed by atoms with E-state index in [1.807, 2.05) is 97.1 Å². The van der Waals surface area contributed by atoms with E-state index >= 15 is 0 Å². The van der Waals surface area contributed by atoms with Crippen LogP contribution in [0.2, 0.25) is 0 Å². The predicted molar refractivity (Wildman–Crippen MR) is 211 cm³/mol. The number of fused-ring (bicyclic) bond motifs is 3. The van der Waals surface area contributed by atoms with Crippen molar-refractivity contribution < 1.29 is 43.3 Å². The van der Waals surface area contributed by atoms with Crippen molar-refractivity contribution in [2.75, 3.05) is 6.61 Å². The predicted octanol–water partition coefficient (Wildman–Crippen LogP) is 6.90. The van der Waals surface area contributed by atoms with Gasteiger partial charge in [-0.2, -0.15) is 0 Å². The van der Waals surface area contributed by atoms with E-state index in [0.717, 1.165) is 33.4 Å². The second kappa shape index (κ2) is 19.3. The van der Waals surface area contributed by atoms with Crippen LogP contribution in [0.3, 0.4) is 0 Å². The molecule has 56 heavy (non-hydrogen) atoms. The number of hydrogen-bond donors (Lipinski definition) is 5. The maximum atomic E-state index is 12.9. The van der Waals surface area contributed by atoms with Crippen molar-refractivity contribution in [2.45, 2.75) is 83.6 Å². The van der Waals surface area contributed by atoms with E-state index < -0.39 is 53.4 Å². The smallest absolute Gasteiger partial charge is 0.426 e. The van der Waals surface area contributed by atoms with E-state index in [0.29, 0.717) is 0 Å². The molecule has 5 N–H and O–H groups in total. The lowest BCUT2D eigenvalue weighted by molar-refractivity contribution is -0.139. The number of hydrogen-bond acceptors (Lipinski definition) is 8. The van der Waals surface area contributed by atoms with Gasteiger partial charge in [0, 0.05) is 18.8 Å². The number of rotatable bonds is 10. The molecule has 4 aromatic rings. The number of carboxylic acids is 1. The largest absolute Gasteiger partial charge is 0.480 e. The number of nitrogens with one attached hydrogen (secondary N) is 4. The van der Waals surface area contributed by atoms with Gasteiger partial charge in [0.1, 0.15) is 29.9 Å². The van der Waals surface area contributed by atoms with E-state index in [1.54, 1.807) is 41.5 Å². The first-order valence-corrected chi connectivity index (χ1v) is 18.2. The van der Waals surface area contributed by atoms with Crippen LogP contribution in [0.1, 0.15) is 69.7 Å². The minimum absolute atomic E-state index is 0.103. The Bertz CT molecular complexity index is 1910. The summed E-state index contributed by atoms with van der Waals surface area (Å²) in [5.74, 6) is -1.80. The summed E-state index contributed by atoms with van der Waals surface area (Å²) >= 11 is 0. The van der Waals surface area contributed by atoms with Crippen LogP contribution in [-0.2, 0) is 36.6 Å². The first-order chi connectivity index (χ1) is 26.5. The van der Waals surface area contributed by atoms with Gasteiger partial charge >= 0.3 is 24.2 Å². The Morgan fingerprint density at radius 2 is 0.982 bits per heavy atom. The molecule has 1 aliphatic rings. The molecule has 13 heteroatoms. The third-order valence-corrected chi connectivity index (χ3v) is 8.19. The fraction of sp³-hybridized carbons (Fsp3) is 0.326. The zero-order chi connectivity index (χ0) is 40.9. The molecule has 4 aromatic carbocycles. The maximum Gasteiger partial charge on any atom is 0.426 e. The molecule has 2 atom stereocenters. The molecule has 5 rings (SSSR count). The van der Waals surface area contributed by atoms with Crippen molar-refractivity contribution in [1.29, 1.82) is 0 Å². The fourth-order valence-corrected chi connectivity index (χ4v) is 5.84. The lowest BCUT2D eigenvalue weighted by Crippen LogP contribution is -2.54. The monoisotopic (exact) mass is 766 g/mol. The summed E-state index contributed by atoms with van der Waals surface area (Å²) in [5, 5.41) is 14.1. The molecule has 4 amide bonds. The molecule has 296 valence electrons. The van der Waals surface area contributed by atoms with Gasteiger partial charge in [0.05, 0.1) is 0 Å². The van der Waals surface area contributed by atoms with Crippen LogP contribution < -0.4 is 21.5 Å². The van der Waals surface area contributed by atoms with Crippen molar-refractivity contribution in [2.24, 2.45) is 0 Å². The second-order valence-corrected chi connectivity index (χ2v) is 15.1. The van der Waals surface area contributed by atoms with Crippen LogP contribution in [0.4, 0.5) is 14.4 Å². The quantitative estimate of drug-likeness (QED) is 0.0848. The molecule has 0 saturated heterocycles. The van der Waals surface area contributed by atoms with Gasteiger partial charge in [-0.05, 0) is 74.9 Å². The highest BCUT2D eigenvalue weighted by Gasteiger charge is 2.30. The lowest BCUT2D eigenvalue weighted by atomic mass is 9.98. The highest BCUT2D eigenvalue weighted by atomic mass is 16.6. The molecule has 0 spiro atoms. The highest BCUT2D eigenvalue weighted by molar-refractivity contribution is 5.87. The Kier molecular flexibility index (Phi) is 14.6. The summed E-state index contributed by atoms with van der Waals surface area (Å²) in [4.78, 5) is 60.4. The van der Waals surface area contributed by atoms with Crippen molar-refractivity contribution in [3.8, 4) is 11.1 Å². The topological polar surface area (TPSA) is 181 Å². The van der Waals surface area contributed by atoms with E-state index in [-0.39, 0.29) is 25.4 Å². The second-order valence-electron chi connectivity index (χ2n) is 15.1. The van der Waals surface area contributed by atoms with Crippen LogP contribution in [-0.4, -0.2) is 65.2 Å². The average molecular weight is 767 g/mol. The van der Waals surface area contributed by atoms with E-state index in [9.17, 15) is 24.0 Å². The molecule has 0 aromatic heterocycles. The molecule has 0 unspecified atom stereocenters. The fourth-order valence-electron chi connectivity index (χ4n) is 5.84. The number of hydrazine groups is 1. The number of carbonyl (C=O) groups is 5. The number of carbonyl (C=O) groups excluding carboxylic acids is 4. The first kappa shape index (κ1) is 42.4. The van der Waals surface area contributed by atoms with Gasteiger partial charge in [0.15, 0.2) is 0 Å². The average Bonchev–Trinajstić information content (AvgIpc) is 3.45. The zero-order valence-electron chi connectivity index (χ0n) is 32.5. The summed E-state index contributed by atoms with van der Waals surface area (Å²) in [6.45, 7) is 10.5. The van der Waals surface area contributed by atoms with Crippen molar-refractivity contribution in [3.63, 3.8) is 0 Å². The molecule has 0 saturated carbocycles. The standard InChI is InChI=1S/C29H31N3O5.C14H19NO4/c1-29(2,3)37-27(34)30-25(17-19-11-5-4-6-12-19)26(33)31-32-28(35)36-18-24-22-15-9-7-13-20(22)21-14-8-10-16-23(21)24;1-14(2,3)19-13(18)15-11(12(16)17)9-10-7-5-4-6-8-10/h4-16,24-25H,17-18H2,1-3H3,(H,30,34)(H,31,33)(H,32,35);4-8,11H,9H2,1-3H3,(H,15,18)(H,16,17)/t25-;11-/m00/s1. The minimum Gasteiger partial charge on any atom is -0.480 e. The van der Waals surface area contributed by atoms with Crippen LogP contribution >= 0.6 is 0 Å². The number of amides is 4. The molecule has 0 radical (unpaired) electrons. The van der Waals surface area contributed by atoms with Gasteiger partial charge in [0.2, 0.25) is 0 Å². The summed E-state index contributed by atoms with van der Waals surface area (Å²) in [6.07, 6.45) is -1.83. The molecular formula is C43H50N4O9.